The average molecular weight is 684 g/mol. The standard InChI is InChI=1S/C24H28F3N3O4S.C7H8O3S/c1-34-22-4-2-3-5-23(22)35(32,33)29-13-24(31)30-16-6-7-17(30)9-15(8-16)21(28)11-14-10-19(26)20(27)12-18(14)25;1-6-2-4-7(5-3-6)11(8,9)10/h2-5,10,12,15-17,21,29H,6-9,11,13,28H2,1H3;2-5H,1H3,(H,8,9,10)/t15?,16-,17+,21-;/m1./s1. The van der Waals surface area contributed by atoms with Crippen LogP contribution in [0.15, 0.2) is 70.5 Å². The van der Waals surface area contributed by atoms with Crippen LogP contribution in [0.5, 0.6) is 5.75 Å². The molecule has 0 radical (unpaired) electrons. The number of para-hydroxylation sites is 1. The van der Waals surface area contributed by atoms with Gasteiger partial charge >= 0.3 is 0 Å². The molecule has 2 aliphatic rings. The Hall–Kier alpha value is -3.50. The van der Waals surface area contributed by atoms with E-state index < -0.39 is 43.6 Å². The number of fused-ring (bicyclic) bond motifs is 2. The number of carbonyl (C=O) groups excluding carboxylic acids is 1. The Morgan fingerprint density at radius 3 is 2.15 bits per heavy atom. The first-order chi connectivity index (χ1) is 21.6. The highest BCUT2D eigenvalue weighted by atomic mass is 32.2. The highest BCUT2D eigenvalue weighted by Gasteiger charge is 2.44. The SMILES string of the molecule is COc1ccccc1S(=O)(=O)NCC(=O)N1[C@@H]2CC[C@H]1CC([C@H](N)Cc1cc(F)c(F)cc1F)C2.Cc1ccc(S(=O)(=O)O)cc1. The molecule has 5 rings (SSSR count). The molecule has 2 bridgehead atoms. The van der Waals surface area contributed by atoms with Gasteiger partial charge in [-0.3, -0.25) is 9.35 Å². The maximum atomic E-state index is 14.1. The molecule has 10 nitrogen and oxygen atoms in total. The topological polar surface area (TPSA) is 156 Å². The molecule has 2 heterocycles. The molecule has 0 aliphatic carbocycles. The predicted molar refractivity (Wildman–Crippen MR) is 164 cm³/mol. The van der Waals surface area contributed by atoms with Gasteiger partial charge in [0.25, 0.3) is 10.1 Å². The molecule has 4 N–H and O–H groups in total. The number of piperidine rings is 1. The zero-order valence-electron chi connectivity index (χ0n) is 25.2. The largest absolute Gasteiger partial charge is 0.495 e. The Kier molecular flexibility index (Phi) is 11.2. The highest BCUT2D eigenvalue weighted by molar-refractivity contribution is 7.89. The molecule has 1 amide bonds. The van der Waals surface area contributed by atoms with E-state index in [2.05, 4.69) is 4.72 Å². The minimum absolute atomic E-state index is 0.0213. The first-order valence-corrected chi connectivity index (χ1v) is 17.4. The number of benzene rings is 3. The predicted octanol–water partition coefficient (Wildman–Crippen LogP) is 3.97. The third kappa shape index (κ3) is 8.45. The number of hydrogen-bond acceptors (Lipinski definition) is 7. The molecule has 0 aromatic heterocycles. The Bertz CT molecular complexity index is 1760. The van der Waals surface area contributed by atoms with Gasteiger partial charge in [0.2, 0.25) is 15.9 Å². The van der Waals surface area contributed by atoms with Gasteiger partial charge in [0.05, 0.1) is 18.6 Å². The van der Waals surface area contributed by atoms with Crippen LogP contribution in [0.1, 0.15) is 36.8 Å². The molecule has 15 heteroatoms. The quantitative estimate of drug-likeness (QED) is 0.226. The number of nitrogens with two attached hydrogens (primary N) is 1. The molecule has 2 aliphatic heterocycles. The molecule has 3 aromatic carbocycles. The second-order valence-electron chi connectivity index (χ2n) is 11.4. The summed E-state index contributed by atoms with van der Waals surface area (Å²) in [5.74, 6) is -3.38. The highest BCUT2D eigenvalue weighted by Crippen LogP contribution is 2.40. The van der Waals surface area contributed by atoms with Gasteiger partial charge in [-0.25, -0.2) is 26.3 Å². The Balaban J connectivity index is 0.000000369. The van der Waals surface area contributed by atoms with Crippen molar-refractivity contribution in [2.75, 3.05) is 13.7 Å². The van der Waals surface area contributed by atoms with Gasteiger partial charge in [0, 0.05) is 24.2 Å². The van der Waals surface area contributed by atoms with Gasteiger partial charge in [-0.05, 0) is 80.8 Å². The Morgan fingerprint density at radius 1 is 0.978 bits per heavy atom. The van der Waals surface area contributed by atoms with Crippen molar-refractivity contribution in [2.45, 2.75) is 66.9 Å². The number of hydrogen-bond donors (Lipinski definition) is 3. The van der Waals surface area contributed by atoms with E-state index in [1.165, 1.54) is 31.4 Å². The number of nitrogens with one attached hydrogen (secondary N) is 1. The molecule has 46 heavy (non-hydrogen) atoms. The number of rotatable bonds is 9. The summed E-state index contributed by atoms with van der Waals surface area (Å²) < 4.78 is 103. The van der Waals surface area contributed by atoms with Crippen molar-refractivity contribution in [2.24, 2.45) is 11.7 Å². The third-order valence-electron chi connectivity index (χ3n) is 8.30. The van der Waals surface area contributed by atoms with E-state index in [1.807, 2.05) is 6.92 Å². The van der Waals surface area contributed by atoms with Crippen LogP contribution in [-0.4, -0.2) is 64.0 Å². The summed E-state index contributed by atoms with van der Waals surface area (Å²) in [5, 5.41) is 0. The molecular formula is C31H36F3N3O7S2. The molecule has 3 aromatic rings. The lowest BCUT2D eigenvalue weighted by Gasteiger charge is -2.41. The minimum atomic E-state index is -4.02. The third-order valence-corrected chi connectivity index (χ3v) is 10.6. The van der Waals surface area contributed by atoms with Crippen LogP contribution < -0.4 is 15.2 Å². The second-order valence-corrected chi connectivity index (χ2v) is 14.6. The lowest BCUT2D eigenvalue weighted by atomic mass is 9.82. The van der Waals surface area contributed by atoms with Crippen LogP contribution in [0.3, 0.4) is 0 Å². The normalized spacial score (nSPS) is 20.1. The van der Waals surface area contributed by atoms with Crippen molar-refractivity contribution in [1.82, 2.24) is 9.62 Å². The second kappa shape index (κ2) is 14.5. The number of nitrogens with zero attached hydrogens (tertiary/aromatic N) is 1. The summed E-state index contributed by atoms with van der Waals surface area (Å²) in [6, 6.07) is 12.8. The van der Waals surface area contributed by atoms with Crippen LogP contribution in [0.2, 0.25) is 0 Å². The monoisotopic (exact) mass is 683 g/mol. The van der Waals surface area contributed by atoms with E-state index in [0.29, 0.717) is 18.9 Å². The summed E-state index contributed by atoms with van der Waals surface area (Å²) in [7, 11) is -6.61. The van der Waals surface area contributed by atoms with Crippen LogP contribution in [-0.2, 0) is 31.4 Å². The molecule has 250 valence electrons. The van der Waals surface area contributed by atoms with Crippen molar-refractivity contribution in [1.29, 1.82) is 0 Å². The van der Waals surface area contributed by atoms with E-state index in [0.717, 1.165) is 24.5 Å². The average Bonchev–Trinajstić information content (AvgIpc) is 3.27. The minimum Gasteiger partial charge on any atom is -0.495 e. The molecule has 0 spiro atoms. The van der Waals surface area contributed by atoms with Crippen LogP contribution in [0.25, 0.3) is 0 Å². The molecule has 1 unspecified atom stereocenters. The van der Waals surface area contributed by atoms with Gasteiger partial charge in [0.15, 0.2) is 11.6 Å². The number of aryl methyl sites for hydroxylation is 1. The summed E-state index contributed by atoms with van der Waals surface area (Å²) in [5.41, 5.74) is 7.31. The summed E-state index contributed by atoms with van der Waals surface area (Å²) in [4.78, 5) is 14.6. The molecular weight excluding hydrogens is 647 g/mol. The van der Waals surface area contributed by atoms with Gasteiger partial charge < -0.3 is 15.4 Å². The molecule has 0 saturated carbocycles. The Labute approximate surface area is 266 Å². The summed E-state index contributed by atoms with van der Waals surface area (Å²) >= 11 is 0. The summed E-state index contributed by atoms with van der Waals surface area (Å²) in [6.07, 6.45) is 2.73. The fourth-order valence-corrected chi connectivity index (χ4v) is 7.62. The maximum Gasteiger partial charge on any atom is 0.294 e. The van der Waals surface area contributed by atoms with E-state index in [9.17, 15) is 34.8 Å². The van der Waals surface area contributed by atoms with E-state index in [4.69, 9.17) is 15.0 Å². The van der Waals surface area contributed by atoms with Crippen LogP contribution in [0, 0.1) is 30.3 Å². The number of halogens is 3. The van der Waals surface area contributed by atoms with Crippen molar-refractivity contribution < 1.29 is 44.1 Å². The van der Waals surface area contributed by atoms with Gasteiger partial charge in [-0.1, -0.05) is 29.8 Å². The number of ether oxygens (including phenoxy) is 1. The lowest BCUT2D eigenvalue weighted by Crippen LogP contribution is -2.52. The molecule has 2 fully saturated rings. The van der Waals surface area contributed by atoms with Gasteiger partial charge in [0.1, 0.15) is 16.5 Å². The number of methoxy groups -OCH3 is 1. The maximum absolute atomic E-state index is 14.1. The Morgan fingerprint density at radius 2 is 1.57 bits per heavy atom. The van der Waals surface area contributed by atoms with Gasteiger partial charge in [-0.15, -0.1) is 0 Å². The van der Waals surface area contributed by atoms with Gasteiger partial charge in [-0.2, -0.15) is 8.42 Å². The number of sulfonamides is 1. The molecule has 4 atom stereocenters. The zero-order chi connectivity index (χ0) is 33.8. The first kappa shape index (κ1) is 35.4. The number of carbonyl (C=O) groups is 1. The molecule has 2 saturated heterocycles. The fraction of sp³-hybridized carbons (Fsp3) is 0.387. The van der Waals surface area contributed by atoms with Crippen molar-refractivity contribution in [3.8, 4) is 5.75 Å². The van der Waals surface area contributed by atoms with Crippen LogP contribution >= 0.6 is 0 Å². The number of amides is 1. The smallest absolute Gasteiger partial charge is 0.294 e. The zero-order valence-corrected chi connectivity index (χ0v) is 26.8. The fourth-order valence-electron chi connectivity index (χ4n) is 5.99. The van der Waals surface area contributed by atoms with E-state index in [-0.39, 0.29) is 58.0 Å². The van der Waals surface area contributed by atoms with E-state index in [1.54, 1.807) is 29.2 Å². The van der Waals surface area contributed by atoms with Crippen molar-refractivity contribution >= 4 is 26.0 Å². The summed E-state index contributed by atoms with van der Waals surface area (Å²) in [6.45, 7) is 1.46. The first-order valence-electron chi connectivity index (χ1n) is 14.5. The van der Waals surface area contributed by atoms with Crippen LogP contribution in [0.4, 0.5) is 13.2 Å². The van der Waals surface area contributed by atoms with E-state index >= 15 is 0 Å². The van der Waals surface area contributed by atoms with Crippen molar-refractivity contribution in [3.05, 3.63) is 89.2 Å². The van der Waals surface area contributed by atoms with Crippen molar-refractivity contribution in [3.63, 3.8) is 0 Å². The lowest BCUT2D eigenvalue weighted by molar-refractivity contribution is -0.135.